The largest absolute Gasteiger partial charge is 0.349 e. The summed E-state index contributed by atoms with van der Waals surface area (Å²) in [5.74, 6) is 0.948. The lowest BCUT2D eigenvalue weighted by molar-refractivity contribution is 0.479. The van der Waals surface area contributed by atoms with Gasteiger partial charge in [0, 0.05) is 33.9 Å². The van der Waals surface area contributed by atoms with Crippen LogP contribution in [0, 0.1) is 6.92 Å². The van der Waals surface area contributed by atoms with E-state index in [0.29, 0.717) is 6.54 Å². The van der Waals surface area contributed by atoms with Gasteiger partial charge >= 0.3 is 0 Å². The molecule has 0 amide bonds. The molecule has 0 aliphatic rings. The molecule has 88 valence electrons. The van der Waals surface area contributed by atoms with Crippen molar-refractivity contribution in [3.63, 3.8) is 0 Å². The van der Waals surface area contributed by atoms with Crippen LogP contribution in [-0.2, 0) is 6.54 Å². The summed E-state index contributed by atoms with van der Waals surface area (Å²) in [6, 6.07) is 6.00. The van der Waals surface area contributed by atoms with Gasteiger partial charge in [-0.25, -0.2) is 4.99 Å². The predicted molar refractivity (Wildman–Crippen MR) is 67.5 cm³/mol. The van der Waals surface area contributed by atoms with Crippen LogP contribution in [0.4, 0.5) is 0 Å². The number of hydrogen-bond acceptors (Lipinski definition) is 2. The van der Waals surface area contributed by atoms with Crippen molar-refractivity contribution in [3.8, 4) is 0 Å². The zero-order valence-corrected chi connectivity index (χ0v) is 10.7. The van der Waals surface area contributed by atoms with E-state index in [9.17, 15) is 0 Å². The van der Waals surface area contributed by atoms with Crippen molar-refractivity contribution in [2.45, 2.75) is 13.5 Å². The average molecular weight is 220 g/mol. The van der Waals surface area contributed by atoms with Gasteiger partial charge in [0.1, 0.15) is 0 Å². The van der Waals surface area contributed by atoms with Crippen LogP contribution >= 0.6 is 0 Å². The van der Waals surface area contributed by atoms with Crippen LogP contribution in [0.2, 0.25) is 0 Å². The summed E-state index contributed by atoms with van der Waals surface area (Å²) >= 11 is 0. The third-order valence-electron chi connectivity index (χ3n) is 2.13. The first-order valence-electron chi connectivity index (χ1n) is 5.32. The topological polar surface area (TPSA) is 31.7 Å². The third kappa shape index (κ3) is 3.53. The minimum atomic E-state index is 0.618. The highest BCUT2D eigenvalue weighted by Gasteiger charge is 2.03. The fourth-order valence-electron chi connectivity index (χ4n) is 1.52. The van der Waals surface area contributed by atoms with E-state index in [4.69, 9.17) is 0 Å². The van der Waals surface area contributed by atoms with Crippen LogP contribution in [0.5, 0.6) is 0 Å². The molecule has 0 fully saturated rings. The second-order valence-electron chi connectivity index (χ2n) is 4.18. The summed E-state index contributed by atoms with van der Waals surface area (Å²) in [4.78, 5) is 13.0. The van der Waals surface area contributed by atoms with Crippen LogP contribution in [-0.4, -0.2) is 48.9 Å². The van der Waals surface area contributed by atoms with Crippen molar-refractivity contribution in [2.75, 3.05) is 28.2 Å². The van der Waals surface area contributed by atoms with Crippen molar-refractivity contribution in [2.24, 2.45) is 4.99 Å². The Hall–Kier alpha value is -1.58. The fourth-order valence-corrected chi connectivity index (χ4v) is 1.52. The first-order valence-corrected chi connectivity index (χ1v) is 5.32. The minimum Gasteiger partial charge on any atom is -0.349 e. The zero-order valence-electron chi connectivity index (χ0n) is 10.7. The van der Waals surface area contributed by atoms with E-state index in [1.54, 1.807) is 0 Å². The fraction of sp³-hybridized carbons (Fsp3) is 0.500. The molecule has 0 saturated heterocycles. The van der Waals surface area contributed by atoms with Gasteiger partial charge in [0.05, 0.1) is 12.2 Å². The molecule has 1 rings (SSSR count). The molecule has 0 bridgehead atoms. The van der Waals surface area contributed by atoms with Gasteiger partial charge < -0.3 is 9.80 Å². The number of rotatable bonds is 2. The number of aliphatic imine (C=N–C) groups is 1. The van der Waals surface area contributed by atoms with E-state index >= 15 is 0 Å². The summed E-state index contributed by atoms with van der Waals surface area (Å²) in [6.45, 7) is 2.61. The smallest absolute Gasteiger partial charge is 0.195 e. The Kier molecular flexibility index (Phi) is 4.28. The van der Waals surface area contributed by atoms with Gasteiger partial charge in [-0.3, -0.25) is 4.98 Å². The van der Waals surface area contributed by atoms with E-state index in [2.05, 4.69) is 9.98 Å². The second-order valence-corrected chi connectivity index (χ2v) is 4.18. The van der Waals surface area contributed by atoms with Crippen molar-refractivity contribution in [3.05, 3.63) is 29.6 Å². The molecule has 16 heavy (non-hydrogen) atoms. The van der Waals surface area contributed by atoms with Gasteiger partial charge in [-0.2, -0.15) is 0 Å². The number of guanidine groups is 1. The van der Waals surface area contributed by atoms with Gasteiger partial charge in [-0.05, 0) is 19.1 Å². The SMILES string of the molecule is Cc1cccc(CN=C(N(C)C)N(C)C)n1. The lowest BCUT2D eigenvalue weighted by Crippen LogP contribution is -2.35. The zero-order chi connectivity index (χ0) is 12.1. The van der Waals surface area contributed by atoms with Crippen molar-refractivity contribution >= 4 is 5.96 Å². The van der Waals surface area contributed by atoms with Gasteiger partial charge in [-0.15, -0.1) is 0 Å². The summed E-state index contributed by atoms with van der Waals surface area (Å²) < 4.78 is 0. The highest BCUT2D eigenvalue weighted by molar-refractivity contribution is 5.79. The van der Waals surface area contributed by atoms with E-state index in [1.807, 2.05) is 63.1 Å². The third-order valence-corrected chi connectivity index (χ3v) is 2.13. The Morgan fingerprint density at radius 2 is 1.81 bits per heavy atom. The quantitative estimate of drug-likeness (QED) is 0.557. The summed E-state index contributed by atoms with van der Waals surface area (Å²) in [5.41, 5.74) is 2.03. The molecule has 0 atom stereocenters. The number of hydrogen-bond donors (Lipinski definition) is 0. The molecule has 0 aliphatic heterocycles. The minimum absolute atomic E-state index is 0.618. The van der Waals surface area contributed by atoms with Crippen LogP contribution in [0.15, 0.2) is 23.2 Å². The van der Waals surface area contributed by atoms with E-state index in [0.717, 1.165) is 17.3 Å². The second kappa shape index (κ2) is 5.49. The molecular weight excluding hydrogens is 200 g/mol. The molecule has 4 nitrogen and oxygen atoms in total. The average Bonchev–Trinajstić information content (AvgIpc) is 2.16. The van der Waals surface area contributed by atoms with E-state index in [-0.39, 0.29) is 0 Å². The Morgan fingerprint density at radius 1 is 1.19 bits per heavy atom. The Balaban J connectivity index is 2.77. The Bertz CT molecular complexity index is 359. The Morgan fingerprint density at radius 3 is 2.31 bits per heavy atom. The molecule has 0 N–H and O–H groups in total. The molecule has 1 heterocycles. The molecule has 0 radical (unpaired) electrons. The first kappa shape index (κ1) is 12.5. The lowest BCUT2D eigenvalue weighted by Gasteiger charge is -2.22. The highest BCUT2D eigenvalue weighted by atomic mass is 15.3. The standard InChI is InChI=1S/C12H20N4/c1-10-7-6-8-11(14-10)9-13-12(15(2)3)16(4)5/h6-8H,9H2,1-5H3. The maximum atomic E-state index is 4.54. The number of pyridine rings is 1. The molecule has 0 unspecified atom stereocenters. The molecular formula is C12H20N4. The molecule has 0 spiro atoms. The maximum Gasteiger partial charge on any atom is 0.195 e. The molecule has 0 saturated carbocycles. The van der Waals surface area contributed by atoms with Crippen molar-refractivity contribution in [1.82, 2.24) is 14.8 Å². The predicted octanol–water partition coefficient (Wildman–Crippen LogP) is 1.37. The van der Waals surface area contributed by atoms with Gasteiger partial charge in [0.25, 0.3) is 0 Å². The van der Waals surface area contributed by atoms with E-state index in [1.165, 1.54) is 0 Å². The van der Waals surface area contributed by atoms with Crippen LogP contribution in [0.25, 0.3) is 0 Å². The van der Waals surface area contributed by atoms with Crippen LogP contribution in [0.1, 0.15) is 11.4 Å². The summed E-state index contributed by atoms with van der Waals surface area (Å²) in [6.07, 6.45) is 0. The van der Waals surface area contributed by atoms with E-state index < -0.39 is 0 Å². The van der Waals surface area contributed by atoms with Gasteiger partial charge in [0.15, 0.2) is 5.96 Å². The number of aromatic nitrogens is 1. The molecule has 1 aromatic rings. The highest BCUT2D eigenvalue weighted by Crippen LogP contribution is 2.01. The molecule has 0 aliphatic carbocycles. The Labute approximate surface area is 97.6 Å². The van der Waals surface area contributed by atoms with Gasteiger partial charge in [-0.1, -0.05) is 6.07 Å². The number of aryl methyl sites for hydroxylation is 1. The summed E-state index contributed by atoms with van der Waals surface area (Å²) in [5, 5.41) is 0. The van der Waals surface area contributed by atoms with Gasteiger partial charge in [0.2, 0.25) is 0 Å². The molecule has 1 aromatic heterocycles. The summed E-state index contributed by atoms with van der Waals surface area (Å²) in [7, 11) is 7.95. The monoisotopic (exact) mass is 220 g/mol. The van der Waals surface area contributed by atoms with Crippen LogP contribution < -0.4 is 0 Å². The normalized spacial score (nSPS) is 9.81. The van der Waals surface area contributed by atoms with Crippen molar-refractivity contribution in [1.29, 1.82) is 0 Å². The lowest BCUT2D eigenvalue weighted by atomic mass is 10.3. The molecule has 4 heteroatoms. The van der Waals surface area contributed by atoms with Crippen LogP contribution in [0.3, 0.4) is 0 Å². The van der Waals surface area contributed by atoms with Crippen molar-refractivity contribution < 1.29 is 0 Å². The number of nitrogens with zero attached hydrogens (tertiary/aromatic N) is 4. The first-order chi connectivity index (χ1) is 7.50. The molecule has 0 aromatic carbocycles. The maximum absolute atomic E-state index is 4.54.